The fourth-order valence-corrected chi connectivity index (χ4v) is 1.03. The molecule has 1 unspecified atom stereocenters. The van der Waals surface area contributed by atoms with Crippen LogP contribution in [-0.2, 0) is 0 Å². The van der Waals surface area contributed by atoms with Gasteiger partial charge in [0.15, 0.2) is 6.17 Å². The van der Waals surface area contributed by atoms with E-state index >= 15 is 0 Å². The zero-order valence-electron chi connectivity index (χ0n) is 9.87. The van der Waals surface area contributed by atoms with Gasteiger partial charge in [-0.25, -0.2) is 4.39 Å². The van der Waals surface area contributed by atoms with Crippen LogP contribution in [0.4, 0.5) is 61.5 Å². The van der Waals surface area contributed by atoms with Gasteiger partial charge in [-0.15, -0.1) is 0 Å². The molecule has 0 aliphatic heterocycles. The van der Waals surface area contributed by atoms with Crippen molar-refractivity contribution in [3.63, 3.8) is 0 Å². The van der Waals surface area contributed by atoms with Gasteiger partial charge in [-0.2, -0.15) is 57.1 Å². The number of alkyl halides is 14. The summed E-state index contributed by atoms with van der Waals surface area (Å²) in [6, 6.07) is 0. The van der Waals surface area contributed by atoms with Gasteiger partial charge in [-0.1, -0.05) is 0 Å². The summed E-state index contributed by atoms with van der Waals surface area (Å²) in [6.07, 6.45) is -11.7. The van der Waals surface area contributed by atoms with E-state index in [1.54, 1.807) is 0 Å². The Labute approximate surface area is 112 Å². The second kappa shape index (κ2) is 5.01. The third kappa shape index (κ3) is 2.47. The molecule has 14 heteroatoms. The molecule has 0 aliphatic carbocycles. The van der Waals surface area contributed by atoms with Gasteiger partial charge in [0.1, 0.15) is 0 Å². The molecule has 134 valence electrons. The summed E-state index contributed by atoms with van der Waals surface area (Å²) in [5, 5.41) is 0. The molecule has 0 amide bonds. The van der Waals surface area contributed by atoms with Crippen LogP contribution in [-0.4, -0.2) is 42.0 Å². The normalized spacial score (nSPS) is 17.6. The second-order valence-corrected chi connectivity index (χ2v) is 4.03. The number of hydrogen-bond donors (Lipinski definition) is 0. The average Bonchev–Trinajstić information content (AvgIpc) is 2.25. The van der Waals surface area contributed by atoms with Crippen molar-refractivity contribution < 1.29 is 61.5 Å². The maximum Gasteiger partial charge on any atom is 0.460 e. The van der Waals surface area contributed by atoms with Crippen LogP contribution in [0.2, 0.25) is 0 Å². The third-order valence-electron chi connectivity index (χ3n) is 2.46. The molecule has 0 radical (unpaired) electrons. The minimum Gasteiger partial charge on any atom is -0.241 e. The highest BCUT2D eigenvalue weighted by molar-refractivity contribution is 5.11. The topological polar surface area (TPSA) is 0 Å². The van der Waals surface area contributed by atoms with Gasteiger partial charge in [0.2, 0.25) is 0 Å². The highest BCUT2D eigenvalue weighted by Gasteiger charge is 2.91. The van der Waals surface area contributed by atoms with Gasteiger partial charge in [0.25, 0.3) is 0 Å². The summed E-state index contributed by atoms with van der Waals surface area (Å²) < 4.78 is 173. The van der Waals surface area contributed by atoms with Crippen molar-refractivity contribution in [3.05, 3.63) is 0 Å². The van der Waals surface area contributed by atoms with E-state index in [-0.39, 0.29) is 0 Å². The molecule has 0 aromatic carbocycles. The van der Waals surface area contributed by atoms with Gasteiger partial charge >= 0.3 is 35.8 Å². The molecule has 0 spiro atoms. The second-order valence-electron chi connectivity index (χ2n) is 4.03. The number of hydrogen-bond acceptors (Lipinski definition) is 0. The lowest BCUT2D eigenvalue weighted by Crippen LogP contribution is -2.71. The molecule has 0 bridgehead atoms. The lowest BCUT2D eigenvalue weighted by atomic mass is 9.92. The Morgan fingerprint density at radius 3 is 1.00 bits per heavy atom. The average molecular weight is 366 g/mol. The quantitative estimate of drug-likeness (QED) is 0.595. The molecule has 0 rings (SSSR count). The van der Waals surface area contributed by atoms with E-state index in [2.05, 4.69) is 0 Å². The van der Waals surface area contributed by atoms with Crippen LogP contribution in [0.5, 0.6) is 0 Å². The highest BCUT2D eigenvalue weighted by Crippen LogP contribution is 2.60. The SMILES string of the molecule is CC(F)C(F)(F)C(F)(F)C(F)(F)C(F)(F)C(F)(F)C(F)(F)F. The van der Waals surface area contributed by atoms with Crippen LogP contribution in [0.15, 0.2) is 0 Å². The summed E-state index contributed by atoms with van der Waals surface area (Å²) in [5.41, 5.74) is 0. The van der Waals surface area contributed by atoms with Crippen LogP contribution < -0.4 is 0 Å². The Hall–Kier alpha value is -0.980. The number of rotatable bonds is 5. The van der Waals surface area contributed by atoms with Gasteiger partial charge < -0.3 is 0 Å². The molecule has 0 aromatic rings. The molecule has 0 saturated carbocycles. The first-order valence-corrected chi connectivity index (χ1v) is 4.79. The third-order valence-corrected chi connectivity index (χ3v) is 2.46. The van der Waals surface area contributed by atoms with Crippen LogP contribution in [0.1, 0.15) is 6.92 Å². The summed E-state index contributed by atoms with van der Waals surface area (Å²) in [6.45, 7) is -0.510. The van der Waals surface area contributed by atoms with Crippen LogP contribution in [0.25, 0.3) is 0 Å². The van der Waals surface area contributed by atoms with E-state index < -0.39 is 48.9 Å². The summed E-state index contributed by atoms with van der Waals surface area (Å²) in [5.74, 6) is -37.9. The van der Waals surface area contributed by atoms with Crippen molar-refractivity contribution in [1.29, 1.82) is 0 Å². The standard InChI is InChI=1S/C8H4F14/c1-2(9)3(10,11)4(12,13)5(14,15)6(16,17)7(18,19)8(20,21)22/h2H,1H3. The van der Waals surface area contributed by atoms with Crippen LogP contribution in [0, 0.1) is 0 Å². The largest absolute Gasteiger partial charge is 0.460 e. The smallest absolute Gasteiger partial charge is 0.241 e. The minimum atomic E-state index is -7.99. The van der Waals surface area contributed by atoms with Crippen LogP contribution >= 0.6 is 0 Å². The van der Waals surface area contributed by atoms with Crippen molar-refractivity contribution in [2.24, 2.45) is 0 Å². The predicted octanol–water partition coefficient (Wildman–Crippen LogP) is 5.08. The fourth-order valence-electron chi connectivity index (χ4n) is 1.03. The van der Waals surface area contributed by atoms with Gasteiger partial charge in [-0.3, -0.25) is 0 Å². The van der Waals surface area contributed by atoms with Gasteiger partial charge in [-0.05, 0) is 6.92 Å². The van der Waals surface area contributed by atoms with Crippen molar-refractivity contribution in [3.8, 4) is 0 Å². The zero-order chi connectivity index (χ0) is 18.6. The molecule has 0 fully saturated rings. The molecule has 0 saturated heterocycles. The number of halogens is 14. The fraction of sp³-hybridized carbons (Fsp3) is 1.00. The first-order chi connectivity index (χ1) is 9.19. The van der Waals surface area contributed by atoms with Crippen molar-refractivity contribution in [2.75, 3.05) is 0 Å². The van der Waals surface area contributed by atoms with E-state index in [4.69, 9.17) is 0 Å². The van der Waals surface area contributed by atoms with E-state index in [1.165, 1.54) is 0 Å². The van der Waals surface area contributed by atoms with Gasteiger partial charge in [0.05, 0.1) is 0 Å². The van der Waals surface area contributed by atoms with Crippen molar-refractivity contribution >= 4 is 0 Å². The molecule has 22 heavy (non-hydrogen) atoms. The highest BCUT2D eigenvalue weighted by atomic mass is 19.4. The molecular weight excluding hydrogens is 362 g/mol. The zero-order valence-corrected chi connectivity index (χ0v) is 9.87. The van der Waals surface area contributed by atoms with Crippen molar-refractivity contribution in [1.82, 2.24) is 0 Å². The molecule has 0 aromatic heterocycles. The molecule has 0 nitrogen and oxygen atoms in total. The Kier molecular flexibility index (Phi) is 4.79. The lowest BCUT2D eigenvalue weighted by molar-refractivity contribution is -0.442. The molecular formula is C8H4F14. The molecule has 0 aliphatic rings. The van der Waals surface area contributed by atoms with Gasteiger partial charge in [0, 0.05) is 0 Å². The van der Waals surface area contributed by atoms with E-state index in [9.17, 15) is 61.5 Å². The lowest BCUT2D eigenvalue weighted by Gasteiger charge is -2.40. The monoisotopic (exact) mass is 366 g/mol. The summed E-state index contributed by atoms with van der Waals surface area (Å²) in [4.78, 5) is 0. The Bertz CT molecular complexity index is 402. The molecule has 0 N–H and O–H groups in total. The molecule has 1 atom stereocenters. The molecule has 0 heterocycles. The van der Waals surface area contributed by atoms with E-state index in [0.29, 0.717) is 0 Å². The first-order valence-electron chi connectivity index (χ1n) is 4.79. The Balaban J connectivity index is 6.24. The Morgan fingerprint density at radius 2 is 0.773 bits per heavy atom. The Morgan fingerprint density at radius 1 is 0.500 bits per heavy atom. The van der Waals surface area contributed by atoms with E-state index in [1.807, 2.05) is 0 Å². The van der Waals surface area contributed by atoms with Crippen LogP contribution in [0.3, 0.4) is 0 Å². The maximum atomic E-state index is 12.7. The predicted molar refractivity (Wildman–Crippen MR) is 41.4 cm³/mol. The minimum absolute atomic E-state index is 0.510. The van der Waals surface area contributed by atoms with Crippen molar-refractivity contribution in [2.45, 2.75) is 48.9 Å². The maximum absolute atomic E-state index is 12.7. The summed E-state index contributed by atoms with van der Waals surface area (Å²) >= 11 is 0. The van der Waals surface area contributed by atoms with E-state index in [0.717, 1.165) is 0 Å². The first kappa shape index (κ1) is 21.0. The summed E-state index contributed by atoms with van der Waals surface area (Å²) in [7, 11) is 0.